The van der Waals surface area contributed by atoms with Crippen LogP contribution in [0, 0.1) is 25.6 Å². The fraction of sp³-hybridized carbons (Fsp3) is 0.381. The zero-order valence-electron chi connectivity index (χ0n) is 16.0. The molecule has 0 bridgehead atoms. The van der Waals surface area contributed by atoms with Gasteiger partial charge < -0.3 is 4.98 Å². The van der Waals surface area contributed by atoms with Crippen molar-refractivity contribution in [2.45, 2.75) is 26.4 Å². The molecule has 0 spiro atoms. The van der Waals surface area contributed by atoms with E-state index >= 15 is 0 Å². The van der Waals surface area contributed by atoms with Gasteiger partial charge in [0, 0.05) is 19.0 Å². The minimum absolute atomic E-state index is 0.245. The highest BCUT2D eigenvalue weighted by atomic mass is 19.1. The van der Waals surface area contributed by atoms with E-state index in [0.717, 1.165) is 29.9 Å². The Bertz CT molecular complexity index is 951. The molecule has 1 aliphatic rings. The van der Waals surface area contributed by atoms with Gasteiger partial charge in [-0.3, -0.25) is 10.3 Å². The quantitative estimate of drug-likeness (QED) is 0.648. The number of nitrogens with one attached hydrogen (secondary N) is 3. The number of aromatic nitrogens is 2. The summed E-state index contributed by atoms with van der Waals surface area (Å²) in [7, 11) is 2.10. The summed E-state index contributed by atoms with van der Waals surface area (Å²) in [6.45, 7) is 6.86. The van der Waals surface area contributed by atoms with E-state index in [4.69, 9.17) is 0 Å². The summed E-state index contributed by atoms with van der Waals surface area (Å²) in [5.74, 6) is 1.07. The molecule has 3 N–H and O–H groups in total. The molecule has 6 heteroatoms. The van der Waals surface area contributed by atoms with Crippen LogP contribution in [-0.2, 0) is 6.54 Å². The molecule has 2 aromatic carbocycles. The standard InChI is InChI=1S/C21H26FN5/c1-13-4-5-15(8-14(13)2)21-16(10-23-26-21)11-27(3)12-20-24-18-7-6-17(22)9-19(18)25-20/h4-9,16,21,23,26H,10-12H2,1-3H3,(H,24,25). The number of fused-ring (bicyclic) bond motifs is 1. The molecule has 2 atom stereocenters. The molecule has 0 radical (unpaired) electrons. The van der Waals surface area contributed by atoms with Gasteiger partial charge in [-0.15, -0.1) is 0 Å². The molecule has 2 heterocycles. The number of imidazole rings is 1. The third-order valence-corrected chi connectivity index (χ3v) is 5.44. The Balaban J connectivity index is 1.44. The molecule has 27 heavy (non-hydrogen) atoms. The minimum atomic E-state index is -0.245. The van der Waals surface area contributed by atoms with Crippen molar-refractivity contribution in [3.8, 4) is 0 Å². The summed E-state index contributed by atoms with van der Waals surface area (Å²) in [5, 5.41) is 0. The number of benzene rings is 2. The van der Waals surface area contributed by atoms with Crippen LogP contribution in [0.2, 0.25) is 0 Å². The second-order valence-corrected chi connectivity index (χ2v) is 7.65. The molecule has 1 aromatic heterocycles. The maximum atomic E-state index is 13.4. The Kier molecular flexibility index (Phi) is 4.95. The number of rotatable bonds is 5. The van der Waals surface area contributed by atoms with Crippen molar-refractivity contribution in [2.24, 2.45) is 5.92 Å². The molecule has 1 saturated heterocycles. The van der Waals surface area contributed by atoms with E-state index in [9.17, 15) is 4.39 Å². The fourth-order valence-electron chi connectivity index (χ4n) is 3.85. The van der Waals surface area contributed by atoms with Crippen LogP contribution in [0.3, 0.4) is 0 Å². The van der Waals surface area contributed by atoms with Crippen molar-refractivity contribution in [3.63, 3.8) is 0 Å². The summed E-state index contributed by atoms with van der Waals surface area (Å²) in [4.78, 5) is 10.1. The smallest absolute Gasteiger partial charge is 0.125 e. The van der Waals surface area contributed by atoms with Crippen molar-refractivity contribution in [1.29, 1.82) is 0 Å². The van der Waals surface area contributed by atoms with Gasteiger partial charge in [0.1, 0.15) is 11.6 Å². The Morgan fingerprint density at radius 1 is 1.15 bits per heavy atom. The molecule has 0 amide bonds. The topological polar surface area (TPSA) is 56.0 Å². The lowest BCUT2D eigenvalue weighted by Gasteiger charge is -2.24. The third-order valence-electron chi connectivity index (χ3n) is 5.44. The maximum absolute atomic E-state index is 13.4. The van der Waals surface area contributed by atoms with Crippen LogP contribution in [-0.4, -0.2) is 35.0 Å². The van der Waals surface area contributed by atoms with Crippen molar-refractivity contribution in [3.05, 3.63) is 64.7 Å². The first-order valence-electron chi connectivity index (χ1n) is 9.38. The summed E-state index contributed by atoms with van der Waals surface area (Å²) in [6, 6.07) is 11.6. The van der Waals surface area contributed by atoms with E-state index in [1.165, 1.54) is 28.8 Å². The second kappa shape index (κ2) is 7.38. The molecular formula is C21H26FN5. The van der Waals surface area contributed by atoms with E-state index in [2.05, 4.69) is 64.8 Å². The molecule has 2 unspecified atom stereocenters. The molecule has 1 aliphatic heterocycles. The third kappa shape index (κ3) is 3.88. The van der Waals surface area contributed by atoms with Gasteiger partial charge in [-0.2, -0.15) is 0 Å². The predicted molar refractivity (Wildman–Crippen MR) is 106 cm³/mol. The van der Waals surface area contributed by atoms with Crippen LogP contribution in [0.5, 0.6) is 0 Å². The minimum Gasteiger partial charge on any atom is -0.341 e. The SMILES string of the molecule is Cc1ccc(C2NNCC2CN(C)Cc2nc3ccc(F)cc3[nH]2)cc1C. The normalized spacial score (nSPS) is 20.0. The largest absolute Gasteiger partial charge is 0.341 e. The molecule has 142 valence electrons. The number of aryl methyl sites for hydroxylation is 2. The highest BCUT2D eigenvalue weighted by Gasteiger charge is 2.29. The first-order valence-corrected chi connectivity index (χ1v) is 9.38. The lowest BCUT2D eigenvalue weighted by molar-refractivity contribution is 0.258. The van der Waals surface area contributed by atoms with Gasteiger partial charge in [0.15, 0.2) is 0 Å². The van der Waals surface area contributed by atoms with E-state index in [1.807, 2.05) is 0 Å². The highest BCUT2D eigenvalue weighted by molar-refractivity contribution is 5.74. The number of nitrogens with zero attached hydrogens (tertiary/aromatic N) is 2. The molecule has 3 aromatic rings. The number of hydrogen-bond acceptors (Lipinski definition) is 4. The number of hydrazine groups is 1. The lowest BCUT2D eigenvalue weighted by atomic mass is 9.92. The van der Waals surface area contributed by atoms with Crippen LogP contribution in [0.4, 0.5) is 4.39 Å². The predicted octanol–water partition coefficient (Wildman–Crippen LogP) is 3.22. The van der Waals surface area contributed by atoms with Gasteiger partial charge >= 0.3 is 0 Å². The zero-order chi connectivity index (χ0) is 19.0. The van der Waals surface area contributed by atoms with Crippen LogP contribution in [0.25, 0.3) is 11.0 Å². The molecule has 0 aliphatic carbocycles. The van der Waals surface area contributed by atoms with E-state index in [0.29, 0.717) is 12.5 Å². The summed E-state index contributed by atoms with van der Waals surface area (Å²) in [6.07, 6.45) is 0. The van der Waals surface area contributed by atoms with Gasteiger partial charge in [-0.1, -0.05) is 18.2 Å². The Morgan fingerprint density at radius 3 is 2.81 bits per heavy atom. The average molecular weight is 367 g/mol. The first-order chi connectivity index (χ1) is 13.0. The molecule has 0 saturated carbocycles. The zero-order valence-corrected chi connectivity index (χ0v) is 16.0. The van der Waals surface area contributed by atoms with Gasteiger partial charge in [0.25, 0.3) is 0 Å². The van der Waals surface area contributed by atoms with Crippen molar-refractivity contribution < 1.29 is 4.39 Å². The summed E-state index contributed by atoms with van der Waals surface area (Å²) >= 11 is 0. The Hall–Kier alpha value is -2.28. The van der Waals surface area contributed by atoms with Crippen LogP contribution < -0.4 is 10.9 Å². The van der Waals surface area contributed by atoms with Crippen LogP contribution >= 0.6 is 0 Å². The monoisotopic (exact) mass is 367 g/mol. The number of H-pyrrole nitrogens is 1. The van der Waals surface area contributed by atoms with Crippen LogP contribution in [0.1, 0.15) is 28.6 Å². The molecule has 1 fully saturated rings. The fourth-order valence-corrected chi connectivity index (χ4v) is 3.85. The molecule has 4 rings (SSSR count). The summed E-state index contributed by atoms with van der Waals surface area (Å²) < 4.78 is 13.4. The lowest BCUT2D eigenvalue weighted by Crippen LogP contribution is -2.30. The number of aromatic amines is 1. The Labute approximate surface area is 159 Å². The maximum Gasteiger partial charge on any atom is 0.125 e. The van der Waals surface area contributed by atoms with Gasteiger partial charge in [-0.05, 0) is 55.8 Å². The summed E-state index contributed by atoms with van der Waals surface area (Å²) in [5.41, 5.74) is 12.2. The van der Waals surface area contributed by atoms with Crippen molar-refractivity contribution >= 4 is 11.0 Å². The average Bonchev–Trinajstić information content (AvgIpc) is 3.23. The van der Waals surface area contributed by atoms with Crippen molar-refractivity contribution in [2.75, 3.05) is 20.1 Å². The van der Waals surface area contributed by atoms with Gasteiger partial charge in [0.05, 0.1) is 23.6 Å². The van der Waals surface area contributed by atoms with Gasteiger partial charge in [-0.25, -0.2) is 14.8 Å². The Morgan fingerprint density at radius 2 is 2.00 bits per heavy atom. The van der Waals surface area contributed by atoms with Gasteiger partial charge in [0.2, 0.25) is 0 Å². The molecular weight excluding hydrogens is 341 g/mol. The van der Waals surface area contributed by atoms with E-state index in [1.54, 1.807) is 6.07 Å². The molecule has 5 nitrogen and oxygen atoms in total. The number of halogens is 1. The second-order valence-electron chi connectivity index (χ2n) is 7.65. The van der Waals surface area contributed by atoms with E-state index < -0.39 is 0 Å². The highest BCUT2D eigenvalue weighted by Crippen LogP contribution is 2.27. The number of hydrogen-bond donors (Lipinski definition) is 3. The van der Waals surface area contributed by atoms with Crippen LogP contribution in [0.15, 0.2) is 36.4 Å². The first kappa shape index (κ1) is 18.1. The van der Waals surface area contributed by atoms with Crippen molar-refractivity contribution in [1.82, 2.24) is 25.7 Å². The van der Waals surface area contributed by atoms with E-state index in [-0.39, 0.29) is 11.9 Å².